The van der Waals surface area contributed by atoms with E-state index in [4.69, 9.17) is 10.5 Å². The number of esters is 1. The molecule has 0 bridgehead atoms. The van der Waals surface area contributed by atoms with Crippen molar-refractivity contribution >= 4 is 30.8 Å². The second-order valence-electron chi connectivity index (χ2n) is 2.52. The van der Waals surface area contributed by atoms with Crippen molar-refractivity contribution in [2.75, 3.05) is 13.2 Å². The minimum absolute atomic E-state index is 0. The number of ether oxygens (including phenoxy) is 1. The molecule has 0 aliphatic heterocycles. The minimum Gasteiger partial charge on any atom is -0.462 e. The lowest BCUT2D eigenvalue weighted by Gasteiger charge is -2.00. The highest BCUT2D eigenvalue weighted by Crippen LogP contribution is 2.06. The number of nitrogens with two attached hydrogens (primary N) is 1. The molecule has 0 fully saturated rings. The van der Waals surface area contributed by atoms with Gasteiger partial charge in [0, 0.05) is 6.42 Å². The first-order chi connectivity index (χ1) is 6.29. The summed E-state index contributed by atoms with van der Waals surface area (Å²) in [6.07, 6.45) is 2.07. The van der Waals surface area contributed by atoms with Crippen molar-refractivity contribution in [3.05, 3.63) is 17.5 Å². The number of nitrogens with one attached hydrogen (secondary N) is 1. The predicted molar refractivity (Wildman–Crippen MR) is 61.8 cm³/mol. The molecule has 0 atom stereocenters. The molecule has 0 aromatic carbocycles. The molecule has 0 unspecified atom stereocenters. The summed E-state index contributed by atoms with van der Waals surface area (Å²) in [7, 11) is 0. The summed E-state index contributed by atoms with van der Waals surface area (Å²) >= 11 is 0. The third kappa shape index (κ3) is 4.51. The molecule has 5 nitrogen and oxygen atoms in total. The number of H-pyrrole nitrogens is 1. The van der Waals surface area contributed by atoms with E-state index in [9.17, 15) is 4.79 Å². The van der Waals surface area contributed by atoms with Crippen LogP contribution in [-0.2, 0) is 11.2 Å². The van der Waals surface area contributed by atoms with Gasteiger partial charge in [0.25, 0.3) is 0 Å². The molecule has 0 aliphatic rings. The number of aromatic amines is 1. The van der Waals surface area contributed by atoms with Crippen LogP contribution in [0.5, 0.6) is 0 Å². The zero-order valence-corrected chi connectivity index (χ0v) is 9.99. The average Bonchev–Trinajstić information content (AvgIpc) is 2.54. The lowest BCUT2D eigenvalue weighted by molar-refractivity contribution is 0.0525. The van der Waals surface area contributed by atoms with Gasteiger partial charge in [0.2, 0.25) is 0 Å². The monoisotopic (exact) mass is 255 g/mol. The zero-order valence-electron chi connectivity index (χ0n) is 8.36. The Morgan fingerprint density at radius 3 is 2.80 bits per heavy atom. The summed E-state index contributed by atoms with van der Waals surface area (Å²) in [5.74, 6) is -0.347. The van der Waals surface area contributed by atoms with E-state index >= 15 is 0 Å². The van der Waals surface area contributed by atoms with Crippen molar-refractivity contribution < 1.29 is 9.53 Å². The summed E-state index contributed by atoms with van der Waals surface area (Å²) in [5, 5.41) is 6.48. The molecule has 1 aromatic rings. The number of halogens is 2. The summed E-state index contributed by atoms with van der Waals surface area (Å²) in [6, 6.07) is 0. The molecule has 0 spiro atoms. The van der Waals surface area contributed by atoms with Crippen LogP contribution in [0.15, 0.2) is 6.20 Å². The molecule has 0 radical (unpaired) electrons. The van der Waals surface area contributed by atoms with E-state index in [1.165, 1.54) is 6.20 Å². The maximum Gasteiger partial charge on any atom is 0.341 e. The highest BCUT2D eigenvalue weighted by Gasteiger charge is 2.13. The van der Waals surface area contributed by atoms with Crippen LogP contribution in [0.4, 0.5) is 0 Å². The number of hydrogen-bond donors (Lipinski definition) is 2. The van der Waals surface area contributed by atoms with Crippen molar-refractivity contribution in [1.82, 2.24) is 10.2 Å². The molecule has 0 aliphatic carbocycles. The van der Waals surface area contributed by atoms with Gasteiger partial charge in [-0.25, -0.2) is 4.79 Å². The van der Waals surface area contributed by atoms with Gasteiger partial charge < -0.3 is 10.5 Å². The largest absolute Gasteiger partial charge is 0.462 e. The molecule has 3 N–H and O–H groups in total. The van der Waals surface area contributed by atoms with E-state index in [0.29, 0.717) is 25.1 Å². The Hall–Kier alpha value is -0.780. The van der Waals surface area contributed by atoms with E-state index < -0.39 is 0 Å². The average molecular weight is 256 g/mol. The Morgan fingerprint density at radius 1 is 1.60 bits per heavy atom. The fourth-order valence-corrected chi connectivity index (χ4v) is 1.03. The number of carbonyl (C=O) groups excluding carboxylic acids is 1. The first kappa shape index (κ1) is 16.6. The second kappa shape index (κ2) is 8.52. The van der Waals surface area contributed by atoms with Crippen molar-refractivity contribution in [1.29, 1.82) is 0 Å². The van der Waals surface area contributed by atoms with Gasteiger partial charge in [-0.2, -0.15) is 5.10 Å². The number of hydrogen-bond acceptors (Lipinski definition) is 4. The lowest BCUT2D eigenvalue weighted by atomic mass is 10.2. The normalized spacial score (nSPS) is 8.67. The van der Waals surface area contributed by atoms with Crippen LogP contribution < -0.4 is 5.73 Å². The molecule has 1 aromatic heterocycles. The molecule has 0 saturated heterocycles. The first-order valence-electron chi connectivity index (χ1n) is 4.19. The number of rotatable bonds is 4. The number of aromatic nitrogens is 2. The standard InChI is InChI=1S/C8H13N3O2.2ClH/c1-2-13-8(12)6-5-10-11-7(6)3-4-9;;/h5H,2-4,9H2,1H3,(H,10,11);2*1H. The van der Waals surface area contributed by atoms with Crippen molar-refractivity contribution in [3.8, 4) is 0 Å². The van der Waals surface area contributed by atoms with Crippen molar-refractivity contribution in [2.45, 2.75) is 13.3 Å². The van der Waals surface area contributed by atoms with Crippen LogP contribution in [0.1, 0.15) is 23.0 Å². The van der Waals surface area contributed by atoms with Gasteiger partial charge in [-0.15, -0.1) is 24.8 Å². The van der Waals surface area contributed by atoms with Gasteiger partial charge in [0.05, 0.1) is 18.5 Å². The Balaban J connectivity index is 0. The third-order valence-corrected chi connectivity index (χ3v) is 1.61. The fraction of sp³-hybridized carbons (Fsp3) is 0.500. The van der Waals surface area contributed by atoms with Crippen molar-refractivity contribution in [3.63, 3.8) is 0 Å². The SMILES string of the molecule is CCOC(=O)c1cn[nH]c1CCN.Cl.Cl. The Labute approximate surface area is 101 Å². The first-order valence-corrected chi connectivity index (χ1v) is 4.19. The lowest BCUT2D eigenvalue weighted by Crippen LogP contribution is -2.10. The minimum atomic E-state index is -0.347. The predicted octanol–water partition coefficient (Wildman–Crippen LogP) is 0.931. The Bertz CT molecular complexity index is 291. The molecular formula is C8H15Cl2N3O2. The fourth-order valence-electron chi connectivity index (χ4n) is 1.03. The summed E-state index contributed by atoms with van der Waals surface area (Å²) in [4.78, 5) is 11.3. The van der Waals surface area contributed by atoms with Crippen LogP contribution in [0.3, 0.4) is 0 Å². The van der Waals surface area contributed by atoms with Gasteiger partial charge in [-0.05, 0) is 13.5 Å². The summed E-state index contributed by atoms with van der Waals surface area (Å²) in [5.41, 5.74) is 6.58. The topological polar surface area (TPSA) is 81.0 Å². The van der Waals surface area contributed by atoms with Crippen LogP contribution in [0.2, 0.25) is 0 Å². The smallest absolute Gasteiger partial charge is 0.341 e. The third-order valence-electron chi connectivity index (χ3n) is 1.61. The quantitative estimate of drug-likeness (QED) is 0.785. The van der Waals surface area contributed by atoms with Gasteiger partial charge in [0.1, 0.15) is 5.56 Å². The number of nitrogens with zero attached hydrogens (tertiary/aromatic N) is 1. The summed E-state index contributed by atoms with van der Waals surface area (Å²) < 4.78 is 4.83. The molecule has 7 heteroatoms. The van der Waals surface area contributed by atoms with Crippen LogP contribution in [-0.4, -0.2) is 29.3 Å². The van der Waals surface area contributed by atoms with E-state index in [-0.39, 0.29) is 30.8 Å². The van der Waals surface area contributed by atoms with E-state index in [1.54, 1.807) is 6.92 Å². The second-order valence-corrected chi connectivity index (χ2v) is 2.52. The van der Waals surface area contributed by atoms with Crippen LogP contribution in [0.25, 0.3) is 0 Å². The Morgan fingerprint density at radius 2 is 2.27 bits per heavy atom. The summed E-state index contributed by atoms with van der Waals surface area (Å²) in [6.45, 7) is 2.61. The zero-order chi connectivity index (χ0) is 9.68. The highest BCUT2D eigenvalue weighted by molar-refractivity contribution is 5.90. The maximum absolute atomic E-state index is 11.3. The maximum atomic E-state index is 11.3. The highest BCUT2D eigenvalue weighted by atomic mass is 35.5. The molecular weight excluding hydrogens is 241 g/mol. The molecule has 15 heavy (non-hydrogen) atoms. The van der Waals surface area contributed by atoms with Gasteiger partial charge in [0.15, 0.2) is 0 Å². The van der Waals surface area contributed by atoms with E-state index in [0.717, 1.165) is 5.69 Å². The molecule has 1 rings (SSSR count). The van der Waals surface area contributed by atoms with Gasteiger partial charge in [-0.1, -0.05) is 0 Å². The van der Waals surface area contributed by atoms with Crippen molar-refractivity contribution in [2.24, 2.45) is 5.73 Å². The van der Waals surface area contributed by atoms with Gasteiger partial charge >= 0.3 is 5.97 Å². The Kier molecular flexibility index (Phi) is 9.46. The van der Waals surface area contributed by atoms with E-state index in [1.807, 2.05) is 0 Å². The molecule has 0 amide bonds. The molecule has 0 saturated carbocycles. The van der Waals surface area contributed by atoms with E-state index in [2.05, 4.69) is 10.2 Å². The van der Waals surface area contributed by atoms with Crippen LogP contribution in [0, 0.1) is 0 Å². The molecule has 1 heterocycles. The van der Waals surface area contributed by atoms with Crippen LogP contribution >= 0.6 is 24.8 Å². The molecule has 88 valence electrons. The number of carbonyl (C=O) groups is 1. The van der Waals surface area contributed by atoms with Gasteiger partial charge in [-0.3, -0.25) is 5.10 Å².